The van der Waals surface area contributed by atoms with Gasteiger partial charge in [-0.25, -0.2) is 0 Å². The highest BCUT2D eigenvalue weighted by Crippen LogP contribution is 2.18. The average molecular weight is 230 g/mol. The van der Waals surface area contributed by atoms with E-state index in [-0.39, 0.29) is 0 Å². The van der Waals surface area contributed by atoms with Gasteiger partial charge in [0.05, 0.1) is 17.4 Å². The van der Waals surface area contributed by atoms with E-state index in [1.165, 1.54) is 0 Å². The van der Waals surface area contributed by atoms with E-state index in [2.05, 4.69) is 28.2 Å². The molecule has 0 saturated carbocycles. The van der Waals surface area contributed by atoms with Gasteiger partial charge in [0.2, 0.25) is 0 Å². The number of piperidine rings is 1. The predicted molar refractivity (Wildman–Crippen MR) is 67.7 cm³/mol. The Morgan fingerprint density at radius 2 is 2.29 bits per heavy atom. The smallest absolute Gasteiger partial charge is 0.101 e. The van der Waals surface area contributed by atoms with E-state index in [1.54, 1.807) is 18.5 Å². The van der Waals surface area contributed by atoms with E-state index < -0.39 is 0 Å². The second kappa shape index (κ2) is 5.65. The Labute approximate surface area is 102 Å². The molecule has 2 rings (SSSR count). The Kier molecular flexibility index (Phi) is 3.94. The quantitative estimate of drug-likeness (QED) is 0.861. The van der Waals surface area contributed by atoms with Gasteiger partial charge in [0.1, 0.15) is 6.07 Å². The first-order valence-electron chi connectivity index (χ1n) is 6.16. The van der Waals surface area contributed by atoms with E-state index in [0.717, 1.165) is 38.2 Å². The molecule has 0 radical (unpaired) electrons. The summed E-state index contributed by atoms with van der Waals surface area (Å²) in [5, 5.41) is 12.4. The lowest BCUT2D eigenvalue weighted by Gasteiger charge is -2.32. The van der Waals surface area contributed by atoms with Gasteiger partial charge < -0.3 is 10.2 Å². The number of likely N-dealkylation sites (tertiary alicyclic amines) is 1. The number of nitriles is 1. The predicted octanol–water partition coefficient (Wildman–Crippen LogP) is 1.85. The number of hydrogen-bond acceptors (Lipinski definition) is 4. The van der Waals surface area contributed by atoms with Crippen LogP contribution in [0.15, 0.2) is 18.5 Å². The van der Waals surface area contributed by atoms with Crippen molar-refractivity contribution >= 4 is 5.69 Å². The minimum absolute atomic E-state index is 0.467. The fraction of sp³-hybridized carbons (Fsp3) is 0.538. The number of anilines is 1. The summed E-state index contributed by atoms with van der Waals surface area (Å²) in [6.45, 7) is 5.60. The highest BCUT2D eigenvalue weighted by molar-refractivity contribution is 5.55. The number of nitrogens with zero attached hydrogens (tertiary/aromatic N) is 3. The molecule has 1 saturated heterocycles. The van der Waals surface area contributed by atoms with Crippen molar-refractivity contribution in [1.29, 1.82) is 5.26 Å². The molecule has 0 spiro atoms. The van der Waals surface area contributed by atoms with Crippen LogP contribution in [0.2, 0.25) is 0 Å². The van der Waals surface area contributed by atoms with Crippen molar-refractivity contribution in [3.8, 4) is 6.07 Å². The molecule has 0 atom stereocenters. The van der Waals surface area contributed by atoms with Crippen LogP contribution in [0.3, 0.4) is 0 Å². The molecule has 1 aliphatic heterocycles. The van der Waals surface area contributed by atoms with Crippen LogP contribution in [0, 0.1) is 11.3 Å². The normalized spacial score (nSPS) is 17.6. The Hall–Kier alpha value is -1.60. The molecule has 90 valence electrons. The summed E-state index contributed by atoms with van der Waals surface area (Å²) < 4.78 is 0. The van der Waals surface area contributed by atoms with Gasteiger partial charge >= 0.3 is 0 Å². The van der Waals surface area contributed by atoms with Gasteiger partial charge in [0.25, 0.3) is 0 Å². The maximum absolute atomic E-state index is 9.00. The highest BCUT2D eigenvalue weighted by atomic mass is 15.1. The van der Waals surface area contributed by atoms with Crippen molar-refractivity contribution in [2.24, 2.45) is 0 Å². The van der Waals surface area contributed by atoms with Crippen LogP contribution in [-0.4, -0.2) is 35.6 Å². The lowest BCUT2D eigenvalue weighted by Crippen LogP contribution is -2.38. The molecular formula is C13H18N4. The molecule has 1 N–H and O–H groups in total. The zero-order valence-electron chi connectivity index (χ0n) is 10.2. The molecule has 0 unspecified atom stereocenters. The molecule has 4 heteroatoms. The molecule has 0 aromatic carbocycles. The SMILES string of the molecule is CCN1CCC(Nc2cnccc2C#N)CC1. The van der Waals surface area contributed by atoms with E-state index in [9.17, 15) is 0 Å². The molecule has 0 amide bonds. The van der Waals surface area contributed by atoms with Crippen LogP contribution in [0.1, 0.15) is 25.3 Å². The molecule has 0 aliphatic carbocycles. The van der Waals surface area contributed by atoms with Gasteiger partial charge in [-0.05, 0) is 25.5 Å². The minimum atomic E-state index is 0.467. The minimum Gasteiger partial charge on any atom is -0.380 e. The lowest BCUT2D eigenvalue weighted by molar-refractivity contribution is 0.229. The van der Waals surface area contributed by atoms with Gasteiger partial charge in [0.15, 0.2) is 0 Å². The van der Waals surface area contributed by atoms with Gasteiger partial charge in [-0.15, -0.1) is 0 Å². The Morgan fingerprint density at radius 3 is 2.94 bits per heavy atom. The zero-order chi connectivity index (χ0) is 12.1. The average Bonchev–Trinajstić information content (AvgIpc) is 2.40. The maximum Gasteiger partial charge on any atom is 0.101 e. The second-order valence-electron chi connectivity index (χ2n) is 4.39. The van der Waals surface area contributed by atoms with Crippen molar-refractivity contribution in [3.05, 3.63) is 24.0 Å². The van der Waals surface area contributed by atoms with Crippen LogP contribution in [0.25, 0.3) is 0 Å². The molecular weight excluding hydrogens is 212 g/mol. The van der Waals surface area contributed by atoms with E-state index >= 15 is 0 Å². The molecule has 1 aromatic rings. The first-order chi connectivity index (χ1) is 8.33. The first-order valence-corrected chi connectivity index (χ1v) is 6.16. The number of aromatic nitrogens is 1. The third-order valence-corrected chi connectivity index (χ3v) is 3.34. The number of nitrogens with one attached hydrogen (secondary N) is 1. The van der Waals surface area contributed by atoms with Crippen LogP contribution >= 0.6 is 0 Å². The number of rotatable bonds is 3. The Morgan fingerprint density at radius 1 is 1.53 bits per heavy atom. The standard InChI is InChI=1S/C13H18N4/c1-2-17-7-4-12(5-8-17)16-13-10-15-6-3-11(13)9-14/h3,6,10,12,16H,2,4-5,7-8H2,1H3. The molecule has 1 fully saturated rings. The van der Waals surface area contributed by atoms with Crippen molar-refractivity contribution < 1.29 is 0 Å². The van der Waals surface area contributed by atoms with E-state index in [0.29, 0.717) is 11.6 Å². The summed E-state index contributed by atoms with van der Waals surface area (Å²) in [7, 11) is 0. The van der Waals surface area contributed by atoms with Crippen LogP contribution in [-0.2, 0) is 0 Å². The van der Waals surface area contributed by atoms with Crippen molar-refractivity contribution in [2.75, 3.05) is 25.0 Å². The summed E-state index contributed by atoms with van der Waals surface area (Å²) >= 11 is 0. The maximum atomic E-state index is 9.00. The van der Waals surface area contributed by atoms with Crippen molar-refractivity contribution in [1.82, 2.24) is 9.88 Å². The molecule has 17 heavy (non-hydrogen) atoms. The third-order valence-electron chi connectivity index (χ3n) is 3.34. The first kappa shape index (κ1) is 11.9. The monoisotopic (exact) mass is 230 g/mol. The van der Waals surface area contributed by atoms with Gasteiger partial charge in [-0.3, -0.25) is 4.98 Å². The second-order valence-corrected chi connectivity index (χ2v) is 4.39. The van der Waals surface area contributed by atoms with Crippen LogP contribution in [0.4, 0.5) is 5.69 Å². The summed E-state index contributed by atoms with van der Waals surface area (Å²) in [5.74, 6) is 0. The van der Waals surface area contributed by atoms with Crippen molar-refractivity contribution in [2.45, 2.75) is 25.8 Å². The van der Waals surface area contributed by atoms with Gasteiger partial charge in [-0.1, -0.05) is 6.92 Å². The fourth-order valence-electron chi connectivity index (χ4n) is 2.22. The largest absolute Gasteiger partial charge is 0.380 e. The third kappa shape index (κ3) is 2.95. The molecule has 1 aromatic heterocycles. The van der Waals surface area contributed by atoms with Crippen molar-refractivity contribution in [3.63, 3.8) is 0 Å². The number of pyridine rings is 1. The lowest BCUT2D eigenvalue weighted by atomic mass is 10.0. The summed E-state index contributed by atoms with van der Waals surface area (Å²) in [5.41, 5.74) is 1.54. The van der Waals surface area contributed by atoms with Crippen LogP contribution in [0.5, 0.6) is 0 Å². The number of hydrogen-bond donors (Lipinski definition) is 1. The molecule has 0 bridgehead atoms. The van der Waals surface area contributed by atoms with E-state index in [1.807, 2.05) is 0 Å². The van der Waals surface area contributed by atoms with Gasteiger partial charge in [-0.2, -0.15) is 5.26 Å². The summed E-state index contributed by atoms with van der Waals surface area (Å²) in [6.07, 6.45) is 5.66. The molecule has 1 aliphatic rings. The van der Waals surface area contributed by atoms with E-state index in [4.69, 9.17) is 5.26 Å². The fourth-order valence-corrected chi connectivity index (χ4v) is 2.22. The Balaban J connectivity index is 1.96. The van der Waals surface area contributed by atoms with Crippen LogP contribution < -0.4 is 5.32 Å². The topological polar surface area (TPSA) is 52.0 Å². The summed E-state index contributed by atoms with van der Waals surface area (Å²) in [6, 6.07) is 4.41. The zero-order valence-corrected chi connectivity index (χ0v) is 10.2. The highest BCUT2D eigenvalue weighted by Gasteiger charge is 2.18. The molecule has 2 heterocycles. The molecule has 4 nitrogen and oxygen atoms in total. The Bertz CT molecular complexity index is 402. The summed E-state index contributed by atoms with van der Waals surface area (Å²) in [4.78, 5) is 6.52. The van der Waals surface area contributed by atoms with Gasteiger partial charge in [0, 0.05) is 25.3 Å².